The average Bonchev–Trinajstić information content (AvgIpc) is 2.06. The third-order valence-corrected chi connectivity index (χ3v) is 2.76. The third kappa shape index (κ3) is 2.23. The first-order valence-electron chi connectivity index (χ1n) is 4.53. The van der Waals surface area contributed by atoms with Gasteiger partial charge in [0.05, 0.1) is 5.60 Å². The summed E-state index contributed by atoms with van der Waals surface area (Å²) in [5.41, 5.74) is -0.567. The van der Waals surface area contributed by atoms with E-state index in [1.165, 1.54) is 0 Å². The van der Waals surface area contributed by atoms with Gasteiger partial charge in [-0.3, -0.25) is 0 Å². The Morgan fingerprint density at radius 2 is 2.17 bits per heavy atom. The molecule has 1 fully saturated rings. The van der Waals surface area contributed by atoms with Crippen molar-refractivity contribution < 1.29 is 5.11 Å². The van der Waals surface area contributed by atoms with Crippen molar-refractivity contribution >= 4 is 0 Å². The summed E-state index contributed by atoms with van der Waals surface area (Å²) >= 11 is 0. The summed E-state index contributed by atoms with van der Waals surface area (Å²) in [5, 5.41) is 13.1. The molecule has 68 valence electrons. The topological polar surface area (TPSA) is 32.3 Å². The lowest BCUT2D eigenvalue weighted by atomic mass is 9.80. The monoisotopic (exact) mass is 167 g/mol. The van der Waals surface area contributed by atoms with Crippen LogP contribution in [0, 0.1) is 12.3 Å². The van der Waals surface area contributed by atoms with E-state index in [0.29, 0.717) is 12.5 Å². The fourth-order valence-corrected chi connectivity index (χ4v) is 1.81. The van der Waals surface area contributed by atoms with Crippen LogP contribution in [-0.4, -0.2) is 23.8 Å². The van der Waals surface area contributed by atoms with Crippen molar-refractivity contribution in [2.75, 3.05) is 7.05 Å². The van der Waals surface area contributed by atoms with Crippen molar-refractivity contribution in [1.82, 2.24) is 5.32 Å². The van der Waals surface area contributed by atoms with E-state index >= 15 is 0 Å². The second-order valence-electron chi connectivity index (χ2n) is 3.67. The Bertz CT molecular complexity index is 175. The number of nitrogens with one attached hydrogen (secondary N) is 1. The molecule has 0 unspecified atom stereocenters. The third-order valence-electron chi connectivity index (χ3n) is 2.76. The molecule has 1 aliphatic rings. The summed E-state index contributed by atoms with van der Waals surface area (Å²) in [6, 6.07) is 0.572. The molecule has 0 saturated heterocycles. The summed E-state index contributed by atoms with van der Waals surface area (Å²) in [7, 11) is 1.97. The normalized spacial score (nSPS) is 35.9. The molecule has 1 aliphatic carbocycles. The van der Waals surface area contributed by atoms with Crippen LogP contribution in [0.5, 0.6) is 0 Å². The molecule has 0 heterocycles. The maximum Gasteiger partial charge on any atom is 0.0757 e. The van der Waals surface area contributed by atoms with Gasteiger partial charge in [0.15, 0.2) is 0 Å². The summed E-state index contributed by atoms with van der Waals surface area (Å²) in [5.74, 6) is 2.54. The van der Waals surface area contributed by atoms with Crippen LogP contribution in [0.3, 0.4) is 0 Å². The predicted molar refractivity (Wildman–Crippen MR) is 49.7 cm³/mol. The van der Waals surface area contributed by atoms with E-state index in [9.17, 15) is 5.11 Å². The number of aliphatic hydroxyl groups is 1. The van der Waals surface area contributed by atoms with E-state index < -0.39 is 5.60 Å². The zero-order valence-electron chi connectivity index (χ0n) is 7.64. The molecule has 2 N–H and O–H groups in total. The Hall–Kier alpha value is -0.520. The summed E-state index contributed by atoms with van der Waals surface area (Å²) in [6.45, 7) is 0. The summed E-state index contributed by atoms with van der Waals surface area (Å²) in [4.78, 5) is 0. The lowest BCUT2D eigenvalue weighted by Crippen LogP contribution is -2.39. The molecule has 0 spiro atoms. The van der Waals surface area contributed by atoms with Crippen LogP contribution in [0.15, 0.2) is 0 Å². The SMILES string of the molecule is C#CCC1(O)CCC(NC)CC1. The predicted octanol–water partition coefficient (Wildman–Crippen LogP) is 0.903. The Kier molecular flexibility index (Phi) is 3.13. The van der Waals surface area contributed by atoms with Gasteiger partial charge >= 0.3 is 0 Å². The van der Waals surface area contributed by atoms with Gasteiger partial charge in [-0.15, -0.1) is 12.3 Å². The largest absolute Gasteiger partial charge is 0.389 e. The first-order chi connectivity index (χ1) is 5.70. The minimum atomic E-state index is -0.567. The van der Waals surface area contributed by atoms with Crippen LogP contribution in [0.4, 0.5) is 0 Å². The van der Waals surface area contributed by atoms with E-state index in [-0.39, 0.29) is 0 Å². The first-order valence-corrected chi connectivity index (χ1v) is 4.53. The molecule has 0 radical (unpaired) electrons. The van der Waals surface area contributed by atoms with Crippen molar-refractivity contribution in [2.24, 2.45) is 0 Å². The molecule has 0 atom stereocenters. The highest BCUT2D eigenvalue weighted by molar-refractivity contribution is 4.98. The molecular weight excluding hydrogens is 150 g/mol. The van der Waals surface area contributed by atoms with Gasteiger partial charge in [-0.1, -0.05) is 0 Å². The lowest BCUT2D eigenvalue weighted by molar-refractivity contribution is 0.00190. The molecule has 12 heavy (non-hydrogen) atoms. The Balaban J connectivity index is 2.39. The van der Waals surface area contributed by atoms with E-state index in [0.717, 1.165) is 25.7 Å². The maximum absolute atomic E-state index is 9.91. The van der Waals surface area contributed by atoms with Crippen LogP contribution >= 0.6 is 0 Å². The van der Waals surface area contributed by atoms with Gasteiger partial charge in [-0.05, 0) is 32.7 Å². The second kappa shape index (κ2) is 3.93. The fourth-order valence-electron chi connectivity index (χ4n) is 1.81. The molecule has 2 nitrogen and oxygen atoms in total. The summed E-state index contributed by atoms with van der Waals surface area (Å²) < 4.78 is 0. The maximum atomic E-state index is 9.91. The Morgan fingerprint density at radius 3 is 2.58 bits per heavy atom. The number of hydrogen-bond acceptors (Lipinski definition) is 2. The van der Waals surface area contributed by atoms with Crippen molar-refractivity contribution in [3.63, 3.8) is 0 Å². The number of rotatable bonds is 2. The Morgan fingerprint density at radius 1 is 1.58 bits per heavy atom. The van der Waals surface area contributed by atoms with Crippen LogP contribution in [0.25, 0.3) is 0 Å². The minimum absolute atomic E-state index is 0.503. The van der Waals surface area contributed by atoms with E-state index in [1.54, 1.807) is 0 Å². The summed E-state index contributed by atoms with van der Waals surface area (Å²) in [6.07, 6.45) is 9.43. The van der Waals surface area contributed by atoms with Gasteiger partial charge in [0.2, 0.25) is 0 Å². The highest BCUT2D eigenvalue weighted by Gasteiger charge is 2.31. The molecule has 0 amide bonds. The first kappa shape index (κ1) is 9.57. The van der Waals surface area contributed by atoms with Gasteiger partial charge in [-0.25, -0.2) is 0 Å². The standard InChI is InChI=1S/C10H17NO/c1-3-6-10(12)7-4-9(11-2)5-8-10/h1,9,11-12H,4-8H2,2H3. The molecule has 2 heteroatoms. The lowest BCUT2D eigenvalue weighted by Gasteiger charge is -2.34. The highest BCUT2D eigenvalue weighted by atomic mass is 16.3. The van der Waals surface area contributed by atoms with Crippen molar-refractivity contribution in [3.8, 4) is 12.3 Å². The van der Waals surface area contributed by atoms with Gasteiger partial charge < -0.3 is 10.4 Å². The van der Waals surface area contributed by atoms with E-state index in [2.05, 4.69) is 11.2 Å². The van der Waals surface area contributed by atoms with Crippen molar-refractivity contribution in [3.05, 3.63) is 0 Å². The second-order valence-corrected chi connectivity index (χ2v) is 3.67. The molecule has 1 rings (SSSR count). The molecule has 1 saturated carbocycles. The van der Waals surface area contributed by atoms with E-state index in [4.69, 9.17) is 6.42 Å². The smallest absolute Gasteiger partial charge is 0.0757 e. The van der Waals surface area contributed by atoms with Crippen LogP contribution < -0.4 is 5.32 Å². The van der Waals surface area contributed by atoms with E-state index in [1.807, 2.05) is 7.05 Å². The minimum Gasteiger partial charge on any atom is -0.389 e. The quantitative estimate of drug-likeness (QED) is 0.599. The van der Waals surface area contributed by atoms with Crippen molar-refractivity contribution in [2.45, 2.75) is 43.7 Å². The Labute approximate surface area is 74.4 Å². The van der Waals surface area contributed by atoms with Crippen LogP contribution in [0.1, 0.15) is 32.1 Å². The zero-order valence-corrected chi connectivity index (χ0v) is 7.64. The van der Waals surface area contributed by atoms with Crippen LogP contribution in [-0.2, 0) is 0 Å². The fraction of sp³-hybridized carbons (Fsp3) is 0.800. The van der Waals surface area contributed by atoms with Gasteiger partial charge in [0.1, 0.15) is 0 Å². The highest BCUT2D eigenvalue weighted by Crippen LogP contribution is 2.30. The molecule has 0 bridgehead atoms. The van der Waals surface area contributed by atoms with Gasteiger partial charge in [0.25, 0.3) is 0 Å². The van der Waals surface area contributed by atoms with Crippen LogP contribution in [0.2, 0.25) is 0 Å². The van der Waals surface area contributed by atoms with Gasteiger partial charge in [-0.2, -0.15) is 0 Å². The number of hydrogen-bond donors (Lipinski definition) is 2. The van der Waals surface area contributed by atoms with Gasteiger partial charge in [0, 0.05) is 12.5 Å². The zero-order chi connectivity index (χ0) is 9.03. The molecule has 0 aromatic carbocycles. The molecular formula is C10H17NO. The molecule has 0 aromatic rings. The van der Waals surface area contributed by atoms with Crippen molar-refractivity contribution in [1.29, 1.82) is 0 Å². The average molecular weight is 167 g/mol. The molecule has 0 aromatic heterocycles. The molecule has 0 aliphatic heterocycles. The number of terminal acetylenes is 1.